The summed E-state index contributed by atoms with van der Waals surface area (Å²) in [5.74, 6) is 2.15. The fraction of sp³-hybridized carbons (Fsp3) is 0.480. The van der Waals surface area contributed by atoms with Gasteiger partial charge in [0.05, 0.1) is 5.56 Å². The van der Waals surface area contributed by atoms with Crippen molar-refractivity contribution in [3.63, 3.8) is 0 Å². The van der Waals surface area contributed by atoms with Gasteiger partial charge in [-0.2, -0.15) is 0 Å². The maximum atomic E-state index is 12.7. The standard InChI is InChI=1S/C25H30N4O2/c1-16-6-8-21(17(2)10-16)27-25(31)19-7-9-23(26-12-19)28-13-18-11-20(15-28)22-4-3-5-24(30)29(22)14-18/h6-10,12,18,20,22H,3-5,11,13-15H2,1-2H3,(H,27,31)/t18?,20?,22-/m1/s1. The van der Waals surface area contributed by atoms with E-state index < -0.39 is 0 Å². The first-order chi connectivity index (χ1) is 15.0. The minimum atomic E-state index is -0.141. The highest BCUT2D eigenvalue weighted by molar-refractivity contribution is 6.04. The van der Waals surface area contributed by atoms with Gasteiger partial charge in [-0.05, 0) is 68.7 Å². The predicted molar refractivity (Wildman–Crippen MR) is 121 cm³/mol. The number of hydrogen-bond donors (Lipinski definition) is 1. The molecule has 6 heteroatoms. The minimum Gasteiger partial charge on any atom is -0.356 e. The van der Waals surface area contributed by atoms with Crippen LogP contribution in [0.4, 0.5) is 11.5 Å². The quantitative estimate of drug-likeness (QED) is 0.824. The zero-order valence-electron chi connectivity index (χ0n) is 18.3. The molecule has 6 nitrogen and oxygen atoms in total. The number of rotatable bonds is 3. The maximum absolute atomic E-state index is 12.7. The van der Waals surface area contributed by atoms with Crippen LogP contribution in [0.3, 0.4) is 0 Å². The molecule has 2 aromatic rings. The number of carbonyl (C=O) groups excluding carboxylic acids is 2. The Morgan fingerprint density at radius 1 is 1.13 bits per heavy atom. The Balaban J connectivity index is 1.27. The van der Waals surface area contributed by atoms with Crippen molar-refractivity contribution in [2.24, 2.45) is 11.8 Å². The van der Waals surface area contributed by atoms with Crippen molar-refractivity contribution in [1.82, 2.24) is 9.88 Å². The van der Waals surface area contributed by atoms with Crippen molar-refractivity contribution in [1.29, 1.82) is 0 Å². The first-order valence-electron chi connectivity index (χ1n) is 11.4. The molecule has 0 aliphatic carbocycles. The van der Waals surface area contributed by atoms with E-state index in [-0.39, 0.29) is 5.91 Å². The van der Waals surface area contributed by atoms with E-state index in [1.54, 1.807) is 6.20 Å². The van der Waals surface area contributed by atoms with Gasteiger partial charge in [0.1, 0.15) is 5.82 Å². The molecule has 1 N–H and O–H groups in total. The number of benzene rings is 1. The van der Waals surface area contributed by atoms with Gasteiger partial charge in [0, 0.05) is 44.0 Å². The van der Waals surface area contributed by atoms with Crippen molar-refractivity contribution < 1.29 is 9.59 Å². The molecule has 3 atom stereocenters. The predicted octanol–water partition coefficient (Wildman–Crippen LogP) is 3.79. The molecule has 2 amide bonds. The van der Waals surface area contributed by atoms with Crippen molar-refractivity contribution in [3.05, 3.63) is 53.2 Å². The van der Waals surface area contributed by atoms with Crippen LogP contribution in [-0.4, -0.2) is 47.4 Å². The Morgan fingerprint density at radius 2 is 2.00 bits per heavy atom. The smallest absolute Gasteiger partial charge is 0.257 e. The van der Waals surface area contributed by atoms with E-state index in [4.69, 9.17) is 0 Å². The molecular formula is C25H30N4O2. The van der Waals surface area contributed by atoms with Gasteiger partial charge in [-0.3, -0.25) is 9.59 Å². The van der Waals surface area contributed by atoms with E-state index in [0.29, 0.717) is 35.8 Å². The normalized spacial score (nSPS) is 25.2. The van der Waals surface area contributed by atoms with Gasteiger partial charge in [-0.1, -0.05) is 17.7 Å². The molecule has 3 aliphatic rings. The Labute approximate surface area is 183 Å². The highest BCUT2D eigenvalue weighted by Gasteiger charge is 2.44. The summed E-state index contributed by atoms with van der Waals surface area (Å²) in [6, 6.07) is 10.2. The van der Waals surface area contributed by atoms with Crippen molar-refractivity contribution >= 4 is 23.3 Å². The first kappa shape index (κ1) is 20.0. The molecule has 1 aromatic carbocycles. The van der Waals surface area contributed by atoms with Crippen LogP contribution >= 0.6 is 0 Å². The lowest BCUT2D eigenvalue weighted by Gasteiger charge is -2.52. The molecule has 0 radical (unpaired) electrons. The summed E-state index contributed by atoms with van der Waals surface area (Å²) in [4.78, 5) is 34.2. The average Bonchev–Trinajstić information content (AvgIpc) is 2.76. The third-order valence-corrected chi connectivity index (χ3v) is 7.14. The largest absolute Gasteiger partial charge is 0.356 e. The summed E-state index contributed by atoms with van der Waals surface area (Å²) in [7, 11) is 0. The summed E-state index contributed by atoms with van der Waals surface area (Å²) < 4.78 is 0. The number of nitrogens with one attached hydrogen (secondary N) is 1. The van der Waals surface area contributed by atoms with Gasteiger partial charge in [-0.25, -0.2) is 4.98 Å². The second-order valence-electron chi connectivity index (χ2n) is 9.45. The zero-order chi connectivity index (χ0) is 21.5. The third kappa shape index (κ3) is 3.91. The molecule has 1 aromatic heterocycles. The van der Waals surface area contributed by atoms with Gasteiger partial charge in [0.25, 0.3) is 5.91 Å². The molecule has 2 unspecified atom stereocenters. The van der Waals surface area contributed by atoms with Crippen LogP contribution < -0.4 is 10.2 Å². The first-order valence-corrected chi connectivity index (χ1v) is 11.4. The van der Waals surface area contributed by atoms with Crippen LogP contribution in [-0.2, 0) is 4.79 Å². The van der Waals surface area contributed by atoms with Crippen molar-refractivity contribution in [2.75, 3.05) is 29.9 Å². The summed E-state index contributed by atoms with van der Waals surface area (Å²) in [6.07, 6.45) is 5.74. The fourth-order valence-electron chi connectivity index (χ4n) is 5.65. The molecular weight excluding hydrogens is 388 g/mol. The molecule has 162 valence electrons. The SMILES string of the molecule is Cc1ccc(NC(=O)c2ccc(N3CC4CC(C3)[C@H]3CCCC(=O)N3C4)nc2)c(C)c1. The minimum absolute atomic E-state index is 0.141. The number of amides is 2. The number of nitrogens with zero attached hydrogens (tertiary/aromatic N) is 3. The lowest BCUT2D eigenvalue weighted by Crippen LogP contribution is -2.60. The number of carbonyl (C=O) groups is 2. The van der Waals surface area contributed by atoms with Crippen molar-refractivity contribution in [3.8, 4) is 0 Å². The number of aromatic nitrogens is 1. The summed E-state index contributed by atoms with van der Waals surface area (Å²) in [5, 5.41) is 2.99. The van der Waals surface area contributed by atoms with Gasteiger partial charge >= 0.3 is 0 Å². The second-order valence-corrected chi connectivity index (χ2v) is 9.45. The van der Waals surface area contributed by atoms with Gasteiger partial charge in [0.2, 0.25) is 5.91 Å². The zero-order valence-corrected chi connectivity index (χ0v) is 18.3. The topological polar surface area (TPSA) is 65.5 Å². The van der Waals surface area contributed by atoms with Crippen LogP contribution in [0.2, 0.25) is 0 Å². The number of aryl methyl sites for hydroxylation is 2. The Kier molecular flexibility index (Phi) is 5.16. The molecule has 3 fully saturated rings. The molecule has 0 saturated carbocycles. The van der Waals surface area contributed by atoms with E-state index in [2.05, 4.69) is 26.2 Å². The van der Waals surface area contributed by atoms with E-state index in [0.717, 1.165) is 49.5 Å². The molecule has 31 heavy (non-hydrogen) atoms. The van der Waals surface area contributed by atoms with Crippen molar-refractivity contribution in [2.45, 2.75) is 45.6 Å². The summed E-state index contributed by atoms with van der Waals surface area (Å²) in [5.41, 5.74) is 3.61. The highest BCUT2D eigenvalue weighted by atomic mass is 16.2. The molecule has 5 rings (SSSR count). The number of anilines is 2. The Morgan fingerprint density at radius 3 is 2.77 bits per heavy atom. The number of pyridine rings is 1. The Bertz CT molecular complexity index is 1000. The fourth-order valence-corrected chi connectivity index (χ4v) is 5.65. The Hall–Kier alpha value is -2.89. The molecule has 0 spiro atoms. The van der Waals surface area contributed by atoms with Crippen LogP contribution in [0, 0.1) is 25.7 Å². The van der Waals surface area contributed by atoms with E-state index in [1.165, 1.54) is 12.0 Å². The molecule has 3 aliphatic heterocycles. The third-order valence-electron chi connectivity index (χ3n) is 7.14. The molecule has 4 heterocycles. The molecule has 3 saturated heterocycles. The van der Waals surface area contributed by atoms with Gasteiger partial charge in [0.15, 0.2) is 0 Å². The highest BCUT2D eigenvalue weighted by Crippen LogP contribution is 2.38. The summed E-state index contributed by atoms with van der Waals surface area (Å²) >= 11 is 0. The van der Waals surface area contributed by atoms with E-state index in [9.17, 15) is 9.59 Å². The lowest BCUT2D eigenvalue weighted by atomic mass is 9.76. The monoisotopic (exact) mass is 418 g/mol. The van der Waals surface area contributed by atoms with E-state index in [1.807, 2.05) is 38.1 Å². The van der Waals surface area contributed by atoms with E-state index >= 15 is 0 Å². The van der Waals surface area contributed by atoms with Crippen LogP contribution in [0.5, 0.6) is 0 Å². The molecule has 2 bridgehead atoms. The van der Waals surface area contributed by atoms with Gasteiger partial charge in [-0.15, -0.1) is 0 Å². The number of fused-ring (bicyclic) bond motifs is 4. The maximum Gasteiger partial charge on any atom is 0.257 e. The lowest BCUT2D eigenvalue weighted by molar-refractivity contribution is -0.142. The number of piperidine rings is 3. The van der Waals surface area contributed by atoms with Gasteiger partial charge < -0.3 is 15.1 Å². The van der Waals surface area contributed by atoms with Crippen LogP contribution in [0.15, 0.2) is 36.5 Å². The second kappa shape index (κ2) is 7.98. The number of hydrogen-bond acceptors (Lipinski definition) is 4. The van der Waals surface area contributed by atoms with Crippen LogP contribution in [0.25, 0.3) is 0 Å². The average molecular weight is 419 g/mol. The van der Waals surface area contributed by atoms with Crippen LogP contribution in [0.1, 0.15) is 47.2 Å². The summed E-state index contributed by atoms with van der Waals surface area (Å²) in [6.45, 7) is 6.78.